The molecule has 9 heteroatoms. The van der Waals surface area contributed by atoms with Crippen molar-refractivity contribution in [3.05, 3.63) is 12.3 Å². The molecule has 0 aliphatic carbocycles. The van der Waals surface area contributed by atoms with Crippen LogP contribution in [0.2, 0.25) is 0 Å². The van der Waals surface area contributed by atoms with Crippen molar-refractivity contribution in [3.63, 3.8) is 0 Å². The molecule has 2 aliphatic rings. The molecule has 0 bridgehead atoms. The van der Waals surface area contributed by atoms with Gasteiger partial charge in [0.2, 0.25) is 11.8 Å². The van der Waals surface area contributed by atoms with E-state index in [-0.39, 0.29) is 24.0 Å². The van der Waals surface area contributed by atoms with E-state index >= 15 is 0 Å². The van der Waals surface area contributed by atoms with Gasteiger partial charge in [-0.1, -0.05) is 6.58 Å². The zero-order valence-electron chi connectivity index (χ0n) is 16.2. The van der Waals surface area contributed by atoms with E-state index < -0.39 is 23.8 Å². The summed E-state index contributed by atoms with van der Waals surface area (Å²) in [5, 5.41) is 12.2. The van der Waals surface area contributed by atoms with Crippen LogP contribution in [0.25, 0.3) is 0 Å². The van der Waals surface area contributed by atoms with Crippen LogP contribution >= 0.6 is 0 Å². The van der Waals surface area contributed by atoms with E-state index in [4.69, 9.17) is 9.47 Å². The van der Waals surface area contributed by atoms with Crippen LogP contribution in [0.15, 0.2) is 12.3 Å². The molecule has 152 valence electrons. The van der Waals surface area contributed by atoms with E-state index in [1.54, 1.807) is 25.7 Å². The molecule has 2 N–H and O–H groups in total. The fraction of sp³-hybridized carbons (Fsp3) is 0.722. The van der Waals surface area contributed by atoms with Crippen molar-refractivity contribution < 1.29 is 29.0 Å². The number of hydrogen-bond donors (Lipinski definition) is 2. The van der Waals surface area contributed by atoms with E-state index in [2.05, 4.69) is 11.9 Å². The number of carbonyl (C=O) groups excluding carboxylic acids is 3. The normalized spacial score (nSPS) is 21.7. The summed E-state index contributed by atoms with van der Waals surface area (Å²) in [5.41, 5.74) is -0.672. The Kier molecular flexibility index (Phi) is 6.69. The number of ether oxygens (including phenoxy) is 2. The minimum atomic E-state index is -0.849. The third-order valence-electron chi connectivity index (χ3n) is 4.34. The molecule has 0 saturated carbocycles. The molecule has 0 aromatic carbocycles. The number of aliphatic hydroxyl groups is 1. The van der Waals surface area contributed by atoms with Gasteiger partial charge in [0.25, 0.3) is 0 Å². The lowest BCUT2D eigenvalue weighted by Gasteiger charge is -2.34. The van der Waals surface area contributed by atoms with E-state index in [1.165, 1.54) is 4.90 Å². The predicted octanol–water partition coefficient (Wildman–Crippen LogP) is 0.801. The third-order valence-corrected chi connectivity index (χ3v) is 4.34. The molecule has 2 saturated heterocycles. The molecule has 0 radical (unpaired) electrons. The highest BCUT2D eigenvalue weighted by Crippen LogP contribution is 2.21. The highest BCUT2D eigenvalue weighted by atomic mass is 16.6. The lowest BCUT2D eigenvalue weighted by atomic mass is 10.1. The van der Waals surface area contributed by atoms with Crippen molar-refractivity contribution >= 4 is 17.9 Å². The molecule has 2 aliphatic heterocycles. The first kappa shape index (κ1) is 21.0. The second kappa shape index (κ2) is 8.60. The van der Waals surface area contributed by atoms with Crippen LogP contribution in [0.1, 0.15) is 33.6 Å². The molecule has 27 heavy (non-hydrogen) atoms. The molecular formula is C18H29N3O6. The molecule has 3 amide bonds. The molecule has 9 nitrogen and oxygen atoms in total. The number of aliphatic hydroxyl groups excluding tert-OH is 1. The number of carbonyl (C=O) groups is 3. The highest BCUT2D eigenvalue weighted by Gasteiger charge is 2.41. The van der Waals surface area contributed by atoms with E-state index in [0.29, 0.717) is 39.3 Å². The van der Waals surface area contributed by atoms with Gasteiger partial charge in [-0.25, -0.2) is 4.79 Å². The number of alkyl carbamates (subject to hydrolysis) is 1. The van der Waals surface area contributed by atoms with Gasteiger partial charge in [-0.05, 0) is 27.2 Å². The Morgan fingerprint density at radius 1 is 1.33 bits per heavy atom. The Hall–Kier alpha value is -2.29. The molecule has 0 aromatic rings. The summed E-state index contributed by atoms with van der Waals surface area (Å²) in [6.45, 7) is 10.7. The highest BCUT2D eigenvalue weighted by molar-refractivity contribution is 5.93. The van der Waals surface area contributed by atoms with Gasteiger partial charge >= 0.3 is 6.09 Å². The number of morpholine rings is 1. The van der Waals surface area contributed by atoms with Crippen LogP contribution in [0.3, 0.4) is 0 Å². The SMILES string of the molecule is C=C(O)C[C@@H](C(=O)N1CCOCC1)N1CC[C@H](NC(=O)OC(C)(C)C)C1=O. The Bertz CT molecular complexity index is 594. The average molecular weight is 383 g/mol. The molecular weight excluding hydrogens is 354 g/mol. The summed E-state index contributed by atoms with van der Waals surface area (Å²) in [6, 6.07) is -1.61. The quantitative estimate of drug-likeness (QED) is 0.680. The number of hydrogen-bond acceptors (Lipinski definition) is 6. The molecule has 2 atom stereocenters. The van der Waals surface area contributed by atoms with Crippen molar-refractivity contribution in [2.75, 3.05) is 32.8 Å². The number of nitrogens with zero attached hydrogens (tertiary/aromatic N) is 2. The summed E-state index contributed by atoms with van der Waals surface area (Å²) < 4.78 is 10.4. The van der Waals surface area contributed by atoms with Crippen LogP contribution in [0.5, 0.6) is 0 Å². The second-order valence-corrected chi connectivity index (χ2v) is 7.74. The van der Waals surface area contributed by atoms with Gasteiger partial charge in [0.1, 0.15) is 17.7 Å². The minimum absolute atomic E-state index is 0.0406. The largest absolute Gasteiger partial charge is 0.513 e. The van der Waals surface area contributed by atoms with Gasteiger partial charge in [-0.2, -0.15) is 0 Å². The molecule has 2 fully saturated rings. The van der Waals surface area contributed by atoms with E-state index in [1.807, 2.05) is 0 Å². The van der Waals surface area contributed by atoms with Gasteiger partial charge in [0, 0.05) is 26.1 Å². The summed E-state index contributed by atoms with van der Waals surface area (Å²) in [4.78, 5) is 40.6. The fourth-order valence-electron chi connectivity index (χ4n) is 3.14. The van der Waals surface area contributed by atoms with Crippen LogP contribution in [0.4, 0.5) is 4.79 Å². The Balaban J connectivity index is 2.05. The molecule has 2 rings (SSSR count). The van der Waals surface area contributed by atoms with Crippen molar-refractivity contribution in [1.29, 1.82) is 0 Å². The smallest absolute Gasteiger partial charge is 0.408 e. The number of nitrogens with one attached hydrogen (secondary N) is 1. The molecule has 0 spiro atoms. The average Bonchev–Trinajstić information content (AvgIpc) is 2.91. The lowest BCUT2D eigenvalue weighted by molar-refractivity contribution is -0.147. The first-order valence-corrected chi connectivity index (χ1v) is 9.12. The molecule has 0 unspecified atom stereocenters. The van der Waals surface area contributed by atoms with Gasteiger partial charge in [-0.3, -0.25) is 9.59 Å². The first-order chi connectivity index (χ1) is 12.6. The van der Waals surface area contributed by atoms with Crippen LogP contribution < -0.4 is 5.32 Å². The summed E-state index contributed by atoms with van der Waals surface area (Å²) >= 11 is 0. The molecule has 2 heterocycles. The fourth-order valence-corrected chi connectivity index (χ4v) is 3.14. The lowest BCUT2D eigenvalue weighted by Crippen LogP contribution is -2.54. The Labute approximate surface area is 159 Å². The maximum Gasteiger partial charge on any atom is 0.408 e. The Morgan fingerprint density at radius 3 is 2.52 bits per heavy atom. The second-order valence-electron chi connectivity index (χ2n) is 7.74. The van der Waals surface area contributed by atoms with Crippen LogP contribution in [0, 0.1) is 0 Å². The topological polar surface area (TPSA) is 108 Å². The zero-order chi connectivity index (χ0) is 20.2. The van der Waals surface area contributed by atoms with Crippen LogP contribution in [-0.4, -0.2) is 83.3 Å². The standard InChI is InChI=1S/C18H29N3O6/c1-12(22)11-14(16(24)20-7-9-26-10-8-20)21-6-5-13(15(21)23)19-17(25)27-18(2,3)4/h13-14,22H,1,5-11H2,2-4H3,(H,19,25)/t13-,14-/m0/s1. The van der Waals surface area contributed by atoms with Crippen molar-refractivity contribution in [1.82, 2.24) is 15.1 Å². The van der Waals surface area contributed by atoms with E-state index in [9.17, 15) is 19.5 Å². The monoisotopic (exact) mass is 383 g/mol. The van der Waals surface area contributed by atoms with Crippen molar-refractivity contribution in [2.24, 2.45) is 0 Å². The zero-order valence-corrected chi connectivity index (χ0v) is 16.2. The minimum Gasteiger partial charge on any atom is -0.513 e. The first-order valence-electron chi connectivity index (χ1n) is 9.12. The van der Waals surface area contributed by atoms with Gasteiger partial charge < -0.3 is 29.7 Å². The van der Waals surface area contributed by atoms with Gasteiger partial charge in [0.05, 0.1) is 19.0 Å². The summed E-state index contributed by atoms with van der Waals surface area (Å²) in [6.07, 6.45) is -0.352. The predicted molar refractivity (Wildman–Crippen MR) is 97.1 cm³/mol. The van der Waals surface area contributed by atoms with Crippen molar-refractivity contribution in [3.8, 4) is 0 Å². The maximum atomic E-state index is 12.9. The van der Waals surface area contributed by atoms with Crippen molar-refractivity contribution in [2.45, 2.75) is 51.3 Å². The maximum absolute atomic E-state index is 12.9. The van der Waals surface area contributed by atoms with Crippen LogP contribution in [-0.2, 0) is 19.1 Å². The van der Waals surface area contributed by atoms with E-state index in [0.717, 1.165) is 0 Å². The van der Waals surface area contributed by atoms with Gasteiger partial charge in [-0.15, -0.1) is 0 Å². The third kappa shape index (κ3) is 5.85. The summed E-state index contributed by atoms with van der Waals surface area (Å²) in [5.74, 6) is -0.786. The number of likely N-dealkylation sites (tertiary alicyclic amines) is 1. The van der Waals surface area contributed by atoms with Gasteiger partial charge in [0.15, 0.2) is 0 Å². The number of amides is 3. The number of rotatable bonds is 5. The summed E-state index contributed by atoms with van der Waals surface area (Å²) in [7, 11) is 0. The molecule has 0 aromatic heterocycles. The Morgan fingerprint density at radius 2 is 1.96 bits per heavy atom.